The third-order valence-electron chi connectivity index (χ3n) is 3.81. The molecule has 0 bridgehead atoms. The Labute approximate surface area is 136 Å². The maximum Gasteiger partial charge on any atom is 0.410 e. The minimum absolute atomic E-state index is 0.0874. The summed E-state index contributed by atoms with van der Waals surface area (Å²) >= 11 is 0. The van der Waals surface area contributed by atoms with Crippen LogP contribution < -0.4 is 0 Å². The molecule has 1 aromatic carbocycles. The van der Waals surface area contributed by atoms with Crippen molar-refractivity contribution in [3.05, 3.63) is 35.6 Å². The molecule has 1 aliphatic heterocycles. The van der Waals surface area contributed by atoms with Gasteiger partial charge in [-0.05, 0) is 38.5 Å². The first-order valence-electron chi connectivity index (χ1n) is 7.88. The molecule has 5 nitrogen and oxygen atoms in total. The zero-order valence-corrected chi connectivity index (χ0v) is 14.0. The SMILES string of the molecule is CC(C)(C)OC(=O)N1CCN(C(CO)c2cccc(F)c2)CC1. The van der Waals surface area contributed by atoms with Crippen molar-refractivity contribution in [1.82, 2.24) is 9.80 Å². The predicted octanol–water partition coefficient (Wildman–Crippen LogP) is 2.41. The minimum atomic E-state index is -0.510. The Bertz CT molecular complexity index is 537. The van der Waals surface area contributed by atoms with Crippen molar-refractivity contribution < 1.29 is 19.0 Å². The molecule has 128 valence electrons. The first kappa shape index (κ1) is 17.7. The molecule has 1 unspecified atom stereocenters. The highest BCUT2D eigenvalue weighted by atomic mass is 19.1. The van der Waals surface area contributed by atoms with Crippen molar-refractivity contribution >= 4 is 6.09 Å². The van der Waals surface area contributed by atoms with E-state index in [1.165, 1.54) is 12.1 Å². The highest BCUT2D eigenvalue weighted by molar-refractivity contribution is 5.68. The molecule has 0 aromatic heterocycles. The second kappa shape index (κ2) is 7.27. The number of ether oxygens (including phenoxy) is 1. The molecule has 0 saturated carbocycles. The van der Waals surface area contributed by atoms with Crippen LogP contribution in [-0.4, -0.2) is 59.4 Å². The number of carbonyl (C=O) groups excluding carboxylic acids is 1. The number of piperazine rings is 1. The number of aliphatic hydroxyl groups is 1. The number of carbonyl (C=O) groups is 1. The van der Waals surface area contributed by atoms with E-state index in [4.69, 9.17) is 4.74 Å². The average Bonchev–Trinajstić information content (AvgIpc) is 2.47. The third-order valence-corrected chi connectivity index (χ3v) is 3.81. The smallest absolute Gasteiger partial charge is 0.410 e. The van der Waals surface area contributed by atoms with Crippen molar-refractivity contribution in [2.75, 3.05) is 32.8 Å². The lowest BCUT2D eigenvalue weighted by atomic mass is 10.0. The molecule has 1 fully saturated rings. The summed E-state index contributed by atoms with van der Waals surface area (Å²) in [4.78, 5) is 15.8. The highest BCUT2D eigenvalue weighted by Gasteiger charge is 2.29. The first-order valence-corrected chi connectivity index (χ1v) is 7.88. The van der Waals surface area contributed by atoms with Gasteiger partial charge < -0.3 is 14.7 Å². The fourth-order valence-electron chi connectivity index (χ4n) is 2.69. The van der Waals surface area contributed by atoms with Crippen molar-refractivity contribution in [3.63, 3.8) is 0 Å². The molecule has 23 heavy (non-hydrogen) atoms. The molecule has 1 heterocycles. The van der Waals surface area contributed by atoms with Gasteiger partial charge in [-0.15, -0.1) is 0 Å². The van der Waals surface area contributed by atoms with Gasteiger partial charge in [-0.3, -0.25) is 4.90 Å². The Morgan fingerprint density at radius 2 is 1.96 bits per heavy atom. The number of aliphatic hydroxyl groups excluding tert-OH is 1. The first-order chi connectivity index (χ1) is 10.8. The lowest BCUT2D eigenvalue weighted by Gasteiger charge is -2.39. The predicted molar refractivity (Wildman–Crippen MR) is 85.6 cm³/mol. The monoisotopic (exact) mass is 324 g/mol. The van der Waals surface area contributed by atoms with Crippen molar-refractivity contribution in [2.45, 2.75) is 32.4 Å². The zero-order chi connectivity index (χ0) is 17.0. The molecule has 1 aliphatic rings. The summed E-state index contributed by atoms with van der Waals surface area (Å²) in [5, 5.41) is 9.68. The molecular formula is C17H25FN2O3. The van der Waals surface area contributed by atoms with Gasteiger partial charge in [0, 0.05) is 26.2 Å². The van der Waals surface area contributed by atoms with Gasteiger partial charge in [0.2, 0.25) is 0 Å². The Balaban J connectivity index is 1.96. The lowest BCUT2D eigenvalue weighted by molar-refractivity contribution is 0.00657. The second-order valence-electron chi connectivity index (χ2n) is 6.76. The topological polar surface area (TPSA) is 53.0 Å². The van der Waals surface area contributed by atoms with E-state index in [1.807, 2.05) is 26.8 Å². The molecule has 6 heteroatoms. The van der Waals surface area contributed by atoms with E-state index in [0.717, 1.165) is 5.56 Å². The summed E-state index contributed by atoms with van der Waals surface area (Å²) in [5.74, 6) is -0.312. The molecule has 1 N–H and O–H groups in total. The minimum Gasteiger partial charge on any atom is -0.444 e. The van der Waals surface area contributed by atoms with Crippen LogP contribution in [0.25, 0.3) is 0 Å². The van der Waals surface area contributed by atoms with E-state index in [2.05, 4.69) is 4.90 Å². The summed E-state index contributed by atoms with van der Waals surface area (Å²) in [6.45, 7) is 7.71. The molecule has 2 rings (SSSR count). The van der Waals surface area contributed by atoms with Crippen LogP contribution in [0.3, 0.4) is 0 Å². The number of benzene rings is 1. The van der Waals surface area contributed by atoms with Crippen molar-refractivity contribution in [2.24, 2.45) is 0 Å². The van der Waals surface area contributed by atoms with Crippen LogP contribution >= 0.6 is 0 Å². The van der Waals surface area contributed by atoms with E-state index in [1.54, 1.807) is 11.0 Å². The number of hydrogen-bond donors (Lipinski definition) is 1. The molecule has 1 aromatic rings. The molecule has 1 amide bonds. The van der Waals surface area contributed by atoms with Gasteiger partial charge in [-0.1, -0.05) is 12.1 Å². The normalized spacial score (nSPS) is 17.9. The standard InChI is InChI=1S/C17H25FN2O3/c1-17(2,3)23-16(22)20-9-7-19(8-10-20)15(12-21)13-5-4-6-14(18)11-13/h4-6,11,15,21H,7-10,12H2,1-3H3. The average molecular weight is 324 g/mol. The van der Waals surface area contributed by atoms with Gasteiger partial charge in [0.25, 0.3) is 0 Å². The summed E-state index contributed by atoms with van der Waals surface area (Å²) < 4.78 is 18.8. The highest BCUT2D eigenvalue weighted by Crippen LogP contribution is 2.23. The lowest BCUT2D eigenvalue weighted by Crippen LogP contribution is -2.51. The molecule has 0 aliphatic carbocycles. The molecule has 0 radical (unpaired) electrons. The van der Waals surface area contributed by atoms with Crippen molar-refractivity contribution in [3.8, 4) is 0 Å². The second-order valence-corrected chi connectivity index (χ2v) is 6.76. The summed E-state index contributed by atoms with van der Waals surface area (Å²) in [5.41, 5.74) is 0.238. The van der Waals surface area contributed by atoms with Gasteiger partial charge in [-0.2, -0.15) is 0 Å². The van der Waals surface area contributed by atoms with E-state index in [-0.39, 0.29) is 24.6 Å². The zero-order valence-electron chi connectivity index (χ0n) is 14.0. The number of amides is 1. The van der Waals surface area contributed by atoms with E-state index in [9.17, 15) is 14.3 Å². The number of nitrogens with zero attached hydrogens (tertiary/aromatic N) is 2. The van der Waals surface area contributed by atoms with Crippen LogP contribution in [0.4, 0.5) is 9.18 Å². The molecule has 1 saturated heterocycles. The van der Waals surface area contributed by atoms with Gasteiger partial charge in [-0.25, -0.2) is 9.18 Å². The molecule has 0 spiro atoms. The summed E-state index contributed by atoms with van der Waals surface area (Å²) in [6.07, 6.45) is -0.316. The summed E-state index contributed by atoms with van der Waals surface area (Å²) in [7, 11) is 0. The summed E-state index contributed by atoms with van der Waals surface area (Å²) in [6, 6.07) is 6.03. The van der Waals surface area contributed by atoms with Gasteiger partial charge in [0.15, 0.2) is 0 Å². The maximum absolute atomic E-state index is 13.4. The van der Waals surface area contributed by atoms with Crippen molar-refractivity contribution in [1.29, 1.82) is 0 Å². The number of rotatable bonds is 3. The van der Waals surface area contributed by atoms with Crippen LogP contribution in [0.15, 0.2) is 24.3 Å². The Morgan fingerprint density at radius 1 is 1.30 bits per heavy atom. The molecular weight excluding hydrogens is 299 g/mol. The van der Waals surface area contributed by atoms with Gasteiger partial charge in [0.1, 0.15) is 11.4 Å². The third kappa shape index (κ3) is 4.91. The van der Waals surface area contributed by atoms with Crippen LogP contribution in [0.5, 0.6) is 0 Å². The maximum atomic E-state index is 13.4. The van der Waals surface area contributed by atoms with Gasteiger partial charge in [0.05, 0.1) is 12.6 Å². The largest absolute Gasteiger partial charge is 0.444 e. The van der Waals surface area contributed by atoms with Crippen LogP contribution in [0.2, 0.25) is 0 Å². The Kier molecular flexibility index (Phi) is 5.59. The van der Waals surface area contributed by atoms with E-state index < -0.39 is 5.60 Å². The van der Waals surface area contributed by atoms with Gasteiger partial charge >= 0.3 is 6.09 Å². The van der Waals surface area contributed by atoms with E-state index in [0.29, 0.717) is 26.2 Å². The fraction of sp³-hybridized carbons (Fsp3) is 0.588. The Morgan fingerprint density at radius 3 is 2.48 bits per heavy atom. The fourth-order valence-corrected chi connectivity index (χ4v) is 2.69. The van der Waals surface area contributed by atoms with E-state index >= 15 is 0 Å². The van der Waals surface area contributed by atoms with Crippen LogP contribution in [0.1, 0.15) is 32.4 Å². The number of hydrogen-bond acceptors (Lipinski definition) is 4. The quantitative estimate of drug-likeness (QED) is 0.928. The number of halogens is 1. The van der Waals surface area contributed by atoms with Crippen LogP contribution in [-0.2, 0) is 4.74 Å². The van der Waals surface area contributed by atoms with Crippen LogP contribution in [0, 0.1) is 5.82 Å². The molecule has 1 atom stereocenters. The Hall–Kier alpha value is -1.66.